The van der Waals surface area contributed by atoms with Gasteiger partial charge in [0.2, 0.25) is 0 Å². The predicted molar refractivity (Wildman–Crippen MR) is 65.3 cm³/mol. The molecule has 0 saturated carbocycles. The Morgan fingerprint density at radius 2 is 1.88 bits per heavy atom. The Balaban J connectivity index is 2.02. The lowest BCUT2D eigenvalue weighted by atomic mass is 10.1. The van der Waals surface area contributed by atoms with Gasteiger partial charge in [0.05, 0.1) is 17.1 Å². The summed E-state index contributed by atoms with van der Waals surface area (Å²) in [5.74, 6) is 0. The lowest BCUT2D eigenvalue weighted by Gasteiger charge is -2.00. The van der Waals surface area contributed by atoms with Gasteiger partial charge in [0, 0.05) is 12.1 Å². The van der Waals surface area contributed by atoms with Gasteiger partial charge in [0.25, 0.3) is 0 Å². The minimum Gasteiger partial charge on any atom is -0.252 e. The Bertz CT molecular complexity index is 570. The van der Waals surface area contributed by atoms with Crippen LogP contribution in [0.2, 0.25) is 0 Å². The summed E-state index contributed by atoms with van der Waals surface area (Å²) in [6, 6.07) is 14.3. The minimum absolute atomic E-state index is 0.895. The van der Waals surface area contributed by atoms with Gasteiger partial charge in [-0.1, -0.05) is 24.3 Å². The average molecular weight is 208 g/mol. The van der Waals surface area contributed by atoms with Crippen molar-refractivity contribution in [2.45, 2.75) is 13.3 Å². The number of nitrogens with zero attached hydrogens (tertiary/aromatic N) is 2. The Kier molecular flexibility index (Phi) is 2.07. The van der Waals surface area contributed by atoms with E-state index in [2.05, 4.69) is 28.2 Å². The third-order valence-electron chi connectivity index (χ3n) is 2.79. The molecule has 0 aliphatic carbocycles. The lowest BCUT2D eigenvalue weighted by molar-refractivity contribution is 1.17. The van der Waals surface area contributed by atoms with E-state index in [1.165, 1.54) is 5.56 Å². The van der Waals surface area contributed by atoms with Crippen LogP contribution in [0.25, 0.3) is 0 Å². The van der Waals surface area contributed by atoms with E-state index in [0.29, 0.717) is 0 Å². The SMILES string of the molecule is Cc1cccc(C2=Nc3ccccc3C2)n1. The number of hydrogen-bond donors (Lipinski definition) is 0. The van der Waals surface area contributed by atoms with Crippen LogP contribution in [-0.4, -0.2) is 10.7 Å². The highest BCUT2D eigenvalue weighted by Crippen LogP contribution is 2.27. The second-order valence-corrected chi connectivity index (χ2v) is 4.03. The normalized spacial score (nSPS) is 13.4. The van der Waals surface area contributed by atoms with Crippen LogP contribution in [0.5, 0.6) is 0 Å². The molecule has 0 fully saturated rings. The Labute approximate surface area is 94.7 Å². The third-order valence-corrected chi connectivity index (χ3v) is 2.79. The zero-order valence-corrected chi connectivity index (χ0v) is 9.14. The summed E-state index contributed by atoms with van der Waals surface area (Å²) in [6.45, 7) is 2.01. The van der Waals surface area contributed by atoms with E-state index < -0.39 is 0 Å². The summed E-state index contributed by atoms with van der Waals surface area (Å²) >= 11 is 0. The molecular formula is C14H12N2. The van der Waals surface area contributed by atoms with Crippen molar-refractivity contribution in [3.05, 3.63) is 59.4 Å². The van der Waals surface area contributed by atoms with Gasteiger partial charge in [0.15, 0.2) is 0 Å². The number of aromatic nitrogens is 1. The first-order valence-electron chi connectivity index (χ1n) is 5.42. The van der Waals surface area contributed by atoms with Crippen LogP contribution < -0.4 is 0 Å². The van der Waals surface area contributed by atoms with E-state index in [9.17, 15) is 0 Å². The number of hydrogen-bond acceptors (Lipinski definition) is 2. The summed E-state index contributed by atoms with van der Waals surface area (Å²) in [6.07, 6.45) is 0.895. The number of aliphatic imine (C=N–C) groups is 1. The smallest absolute Gasteiger partial charge is 0.0851 e. The van der Waals surface area contributed by atoms with Crippen LogP contribution >= 0.6 is 0 Å². The first-order valence-corrected chi connectivity index (χ1v) is 5.42. The molecule has 16 heavy (non-hydrogen) atoms. The fourth-order valence-electron chi connectivity index (χ4n) is 1.99. The second kappa shape index (κ2) is 3.56. The number of benzene rings is 1. The molecule has 3 rings (SSSR count). The van der Waals surface area contributed by atoms with E-state index in [1.807, 2.05) is 31.2 Å². The van der Waals surface area contributed by atoms with Crippen molar-refractivity contribution in [2.75, 3.05) is 0 Å². The van der Waals surface area contributed by atoms with Gasteiger partial charge in [-0.3, -0.25) is 9.98 Å². The maximum absolute atomic E-state index is 4.62. The fraction of sp³-hybridized carbons (Fsp3) is 0.143. The molecule has 0 radical (unpaired) electrons. The standard InChI is InChI=1S/C14H12N2/c1-10-5-4-8-13(15-10)14-9-11-6-2-3-7-12(11)16-14/h2-8H,9H2,1H3. The molecule has 0 N–H and O–H groups in total. The number of aryl methyl sites for hydroxylation is 1. The highest BCUT2D eigenvalue weighted by molar-refractivity contribution is 6.05. The second-order valence-electron chi connectivity index (χ2n) is 4.03. The average Bonchev–Trinajstić information content (AvgIpc) is 2.72. The molecular weight excluding hydrogens is 196 g/mol. The van der Waals surface area contributed by atoms with Gasteiger partial charge < -0.3 is 0 Å². The first-order chi connectivity index (χ1) is 7.83. The molecule has 0 amide bonds. The summed E-state index contributed by atoms with van der Waals surface area (Å²) < 4.78 is 0. The first kappa shape index (κ1) is 9.28. The highest BCUT2D eigenvalue weighted by Gasteiger charge is 2.15. The summed E-state index contributed by atoms with van der Waals surface area (Å²) in [5, 5.41) is 0. The van der Waals surface area contributed by atoms with Crippen molar-refractivity contribution in [1.29, 1.82) is 0 Å². The van der Waals surface area contributed by atoms with E-state index in [1.54, 1.807) is 0 Å². The van der Waals surface area contributed by atoms with Crippen LogP contribution in [0.3, 0.4) is 0 Å². The van der Waals surface area contributed by atoms with Crippen molar-refractivity contribution in [3.8, 4) is 0 Å². The van der Waals surface area contributed by atoms with Crippen molar-refractivity contribution >= 4 is 11.4 Å². The molecule has 2 heteroatoms. The highest BCUT2D eigenvalue weighted by atomic mass is 14.8. The third kappa shape index (κ3) is 1.52. The van der Waals surface area contributed by atoms with E-state index in [4.69, 9.17) is 0 Å². The van der Waals surface area contributed by atoms with Crippen molar-refractivity contribution < 1.29 is 0 Å². The van der Waals surface area contributed by atoms with Gasteiger partial charge >= 0.3 is 0 Å². The van der Waals surface area contributed by atoms with Gasteiger partial charge in [-0.25, -0.2) is 0 Å². The van der Waals surface area contributed by atoms with Crippen LogP contribution in [-0.2, 0) is 6.42 Å². The molecule has 78 valence electrons. The number of para-hydroxylation sites is 1. The fourth-order valence-corrected chi connectivity index (χ4v) is 1.99. The summed E-state index contributed by atoms with van der Waals surface area (Å²) in [7, 11) is 0. The van der Waals surface area contributed by atoms with Gasteiger partial charge in [-0.05, 0) is 30.7 Å². The molecule has 0 unspecified atom stereocenters. The monoisotopic (exact) mass is 208 g/mol. The quantitative estimate of drug-likeness (QED) is 0.707. The molecule has 1 aromatic carbocycles. The lowest BCUT2D eigenvalue weighted by Crippen LogP contribution is -2.03. The zero-order valence-electron chi connectivity index (χ0n) is 9.14. The molecule has 0 bridgehead atoms. The Morgan fingerprint density at radius 1 is 1.00 bits per heavy atom. The van der Waals surface area contributed by atoms with E-state index in [0.717, 1.165) is 29.2 Å². The Hall–Kier alpha value is -1.96. The van der Waals surface area contributed by atoms with Crippen LogP contribution in [0.1, 0.15) is 17.0 Å². The van der Waals surface area contributed by atoms with Crippen molar-refractivity contribution in [3.63, 3.8) is 0 Å². The van der Waals surface area contributed by atoms with E-state index >= 15 is 0 Å². The number of pyridine rings is 1. The van der Waals surface area contributed by atoms with Crippen LogP contribution in [0.4, 0.5) is 5.69 Å². The maximum atomic E-state index is 4.62. The summed E-state index contributed by atoms with van der Waals surface area (Å²) in [5.41, 5.74) is 5.49. The minimum atomic E-state index is 0.895. The molecule has 2 aromatic rings. The van der Waals surface area contributed by atoms with Gasteiger partial charge in [-0.2, -0.15) is 0 Å². The predicted octanol–water partition coefficient (Wildman–Crippen LogP) is 3.07. The Morgan fingerprint density at radius 3 is 2.69 bits per heavy atom. The van der Waals surface area contributed by atoms with Gasteiger partial charge in [-0.15, -0.1) is 0 Å². The molecule has 2 heterocycles. The zero-order chi connectivity index (χ0) is 11.0. The van der Waals surface area contributed by atoms with Gasteiger partial charge in [0.1, 0.15) is 0 Å². The van der Waals surface area contributed by atoms with Crippen molar-refractivity contribution in [1.82, 2.24) is 4.98 Å². The maximum Gasteiger partial charge on any atom is 0.0851 e. The molecule has 2 nitrogen and oxygen atoms in total. The van der Waals surface area contributed by atoms with E-state index in [-0.39, 0.29) is 0 Å². The topological polar surface area (TPSA) is 25.2 Å². The van der Waals surface area contributed by atoms with Crippen LogP contribution in [0.15, 0.2) is 47.5 Å². The van der Waals surface area contributed by atoms with Crippen LogP contribution in [0, 0.1) is 6.92 Å². The largest absolute Gasteiger partial charge is 0.252 e. The number of rotatable bonds is 1. The summed E-state index contributed by atoms with van der Waals surface area (Å²) in [4.78, 5) is 9.12. The molecule has 1 aliphatic heterocycles. The molecule has 1 aromatic heterocycles. The molecule has 0 saturated heterocycles. The molecule has 1 aliphatic rings. The van der Waals surface area contributed by atoms with Crippen molar-refractivity contribution in [2.24, 2.45) is 4.99 Å². The number of fused-ring (bicyclic) bond motifs is 1. The molecule has 0 atom stereocenters. The molecule has 0 spiro atoms.